The van der Waals surface area contributed by atoms with E-state index in [4.69, 9.17) is 0 Å². The summed E-state index contributed by atoms with van der Waals surface area (Å²) in [6, 6.07) is 14.0. The molecule has 0 aliphatic carbocycles. The Bertz CT molecular complexity index is 947. The van der Waals surface area contributed by atoms with E-state index >= 15 is 0 Å². The Morgan fingerprint density at radius 1 is 1.00 bits per heavy atom. The fourth-order valence-electron chi connectivity index (χ4n) is 3.27. The van der Waals surface area contributed by atoms with Crippen LogP contribution in [-0.4, -0.2) is 47.3 Å². The topological polar surface area (TPSA) is 61.4 Å². The lowest BCUT2D eigenvalue weighted by atomic mass is 10.1. The van der Waals surface area contributed by atoms with Crippen molar-refractivity contribution < 1.29 is 4.79 Å². The predicted molar refractivity (Wildman–Crippen MR) is 114 cm³/mol. The van der Waals surface area contributed by atoms with Crippen LogP contribution in [0, 0.1) is 13.8 Å². The summed E-state index contributed by atoms with van der Waals surface area (Å²) in [5, 5.41) is 13.8. The van der Waals surface area contributed by atoms with Crippen LogP contribution in [0.5, 0.6) is 0 Å². The number of hydrogen-bond acceptors (Lipinski definition) is 5. The lowest BCUT2D eigenvalue weighted by Gasteiger charge is -2.35. The van der Waals surface area contributed by atoms with Gasteiger partial charge in [0, 0.05) is 31.9 Å². The van der Waals surface area contributed by atoms with Crippen LogP contribution in [0.4, 0.5) is 16.3 Å². The smallest absolute Gasteiger partial charge is 0.321 e. The van der Waals surface area contributed by atoms with Crippen LogP contribution in [0.1, 0.15) is 11.1 Å². The predicted octanol–water partition coefficient (Wildman–Crippen LogP) is 4.18. The van der Waals surface area contributed by atoms with Crippen molar-refractivity contribution in [1.82, 2.24) is 15.1 Å². The molecule has 1 N–H and O–H groups in total. The Labute approximate surface area is 168 Å². The number of hydrogen-bond donors (Lipinski definition) is 1. The first-order valence-corrected chi connectivity index (χ1v) is 10.2. The third-order valence-corrected chi connectivity index (χ3v) is 6.05. The molecule has 1 fully saturated rings. The molecule has 0 spiro atoms. The quantitative estimate of drug-likeness (QED) is 0.725. The number of rotatable bonds is 3. The van der Waals surface area contributed by atoms with Crippen LogP contribution in [0.3, 0.4) is 0 Å². The molecule has 0 atom stereocenters. The van der Waals surface area contributed by atoms with Gasteiger partial charge < -0.3 is 15.1 Å². The van der Waals surface area contributed by atoms with E-state index in [0.29, 0.717) is 13.1 Å². The number of aryl methyl sites for hydroxylation is 1. The number of urea groups is 1. The zero-order valence-corrected chi connectivity index (χ0v) is 16.9. The van der Waals surface area contributed by atoms with Crippen molar-refractivity contribution in [3.05, 3.63) is 59.0 Å². The summed E-state index contributed by atoms with van der Waals surface area (Å²) >= 11 is 1.66. The van der Waals surface area contributed by atoms with Crippen LogP contribution in [0.2, 0.25) is 0 Å². The molecule has 1 aromatic carbocycles. The van der Waals surface area contributed by atoms with E-state index in [-0.39, 0.29) is 6.03 Å². The SMILES string of the molecule is Cc1cccc(NC(=O)N2CCN(c3ccc(-c4cccs4)nn3)CC2)c1C. The first-order chi connectivity index (χ1) is 13.6. The number of thiophene rings is 1. The number of carbonyl (C=O) groups excluding carboxylic acids is 1. The molecule has 0 bridgehead atoms. The maximum absolute atomic E-state index is 12.6. The molecule has 2 amide bonds. The number of benzene rings is 1. The molecular weight excluding hydrogens is 370 g/mol. The molecule has 7 heteroatoms. The second kappa shape index (κ2) is 7.98. The maximum atomic E-state index is 12.6. The Morgan fingerprint density at radius 2 is 1.82 bits per heavy atom. The highest BCUT2D eigenvalue weighted by atomic mass is 32.1. The zero-order valence-electron chi connectivity index (χ0n) is 16.1. The Balaban J connectivity index is 1.35. The lowest BCUT2D eigenvalue weighted by molar-refractivity contribution is 0.208. The summed E-state index contributed by atoms with van der Waals surface area (Å²) in [6.07, 6.45) is 0. The van der Waals surface area contributed by atoms with Crippen molar-refractivity contribution in [3.8, 4) is 10.6 Å². The largest absolute Gasteiger partial charge is 0.352 e. The van der Waals surface area contributed by atoms with Gasteiger partial charge >= 0.3 is 6.03 Å². The van der Waals surface area contributed by atoms with Gasteiger partial charge in [0.2, 0.25) is 0 Å². The molecule has 144 valence electrons. The van der Waals surface area contributed by atoms with Gasteiger partial charge in [0.15, 0.2) is 5.82 Å². The zero-order chi connectivity index (χ0) is 19.5. The van der Waals surface area contributed by atoms with Crippen molar-refractivity contribution in [2.75, 3.05) is 36.4 Å². The molecule has 4 rings (SSSR count). The summed E-state index contributed by atoms with van der Waals surface area (Å²) in [6.45, 7) is 6.88. The molecular formula is C21H23N5OS. The van der Waals surface area contributed by atoms with Gasteiger partial charge in [-0.2, -0.15) is 0 Å². The third-order valence-electron chi connectivity index (χ3n) is 5.16. The second-order valence-electron chi connectivity index (χ2n) is 6.91. The van der Waals surface area contributed by atoms with Crippen molar-refractivity contribution in [1.29, 1.82) is 0 Å². The minimum Gasteiger partial charge on any atom is -0.352 e. The number of nitrogens with zero attached hydrogens (tertiary/aromatic N) is 4. The van der Waals surface area contributed by atoms with E-state index in [2.05, 4.69) is 33.4 Å². The number of aromatic nitrogens is 2. The number of nitrogens with one attached hydrogen (secondary N) is 1. The summed E-state index contributed by atoms with van der Waals surface area (Å²) < 4.78 is 0. The highest BCUT2D eigenvalue weighted by Crippen LogP contribution is 2.24. The lowest BCUT2D eigenvalue weighted by Crippen LogP contribution is -2.50. The highest BCUT2D eigenvalue weighted by Gasteiger charge is 2.22. The molecule has 1 saturated heterocycles. The Morgan fingerprint density at radius 3 is 2.50 bits per heavy atom. The Hall–Kier alpha value is -2.93. The van der Waals surface area contributed by atoms with E-state index in [1.807, 2.05) is 53.6 Å². The molecule has 6 nitrogen and oxygen atoms in total. The molecule has 0 radical (unpaired) electrons. The second-order valence-corrected chi connectivity index (χ2v) is 7.85. The van der Waals surface area contributed by atoms with Crippen LogP contribution < -0.4 is 10.2 Å². The van der Waals surface area contributed by atoms with Crippen LogP contribution in [-0.2, 0) is 0 Å². The normalized spacial score (nSPS) is 14.2. The average molecular weight is 394 g/mol. The number of piperazine rings is 1. The van der Waals surface area contributed by atoms with E-state index in [1.165, 1.54) is 5.56 Å². The van der Waals surface area contributed by atoms with Gasteiger partial charge in [-0.3, -0.25) is 0 Å². The summed E-state index contributed by atoms with van der Waals surface area (Å²) in [7, 11) is 0. The first kappa shape index (κ1) is 18.4. The van der Waals surface area contributed by atoms with Gasteiger partial charge in [-0.1, -0.05) is 18.2 Å². The third kappa shape index (κ3) is 3.84. The molecule has 1 aliphatic rings. The molecule has 2 aromatic heterocycles. The van der Waals surface area contributed by atoms with Gasteiger partial charge in [-0.15, -0.1) is 21.5 Å². The number of amides is 2. The van der Waals surface area contributed by atoms with Crippen molar-refractivity contribution in [3.63, 3.8) is 0 Å². The molecule has 3 aromatic rings. The summed E-state index contributed by atoms with van der Waals surface area (Å²) in [5.74, 6) is 0.856. The minimum atomic E-state index is -0.0486. The van der Waals surface area contributed by atoms with Gasteiger partial charge in [-0.05, 0) is 54.6 Å². The number of carbonyl (C=O) groups is 1. The summed E-state index contributed by atoms with van der Waals surface area (Å²) in [5.41, 5.74) is 4.05. The molecule has 0 unspecified atom stereocenters. The van der Waals surface area contributed by atoms with E-state index in [9.17, 15) is 4.79 Å². The fraction of sp³-hybridized carbons (Fsp3) is 0.286. The van der Waals surface area contributed by atoms with Crippen molar-refractivity contribution >= 4 is 28.9 Å². The van der Waals surface area contributed by atoms with Gasteiger partial charge in [-0.25, -0.2) is 4.79 Å². The average Bonchev–Trinajstić information content (AvgIpc) is 3.26. The van der Waals surface area contributed by atoms with E-state index < -0.39 is 0 Å². The first-order valence-electron chi connectivity index (χ1n) is 9.36. The van der Waals surface area contributed by atoms with E-state index in [1.54, 1.807) is 11.3 Å². The van der Waals surface area contributed by atoms with E-state index in [0.717, 1.165) is 40.7 Å². The molecule has 28 heavy (non-hydrogen) atoms. The molecule has 3 heterocycles. The van der Waals surface area contributed by atoms with Crippen LogP contribution in [0.25, 0.3) is 10.6 Å². The standard InChI is InChI=1S/C21H23N5OS/c1-15-5-3-6-17(16(15)2)22-21(27)26-12-10-25(11-13-26)20-9-8-18(23-24-20)19-7-4-14-28-19/h3-9,14H,10-13H2,1-2H3,(H,22,27). The fourth-order valence-corrected chi connectivity index (χ4v) is 3.96. The van der Waals surface area contributed by atoms with Gasteiger partial charge in [0.1, 0.15) is 5.69 Å². The van der Waals surface area contributed by atoms with Crippen LogP contribution >= 0.6 is 11.3 Å². The molecule has 0 saturated carbocycles. The highest BCUT2D eigenvalue weighted by molar-refractivity contribution is 7.13. The Kier molecular flexibility index (Phi) is 5.25. The van der Waals surface area contributed by atoms with Gasteiger partial charge in [0.05, 0.1) is 4.88 Å². The minimum absolute atomic E-state index is 0.0486. The van der Waals surface area contributed by atoms with Crippen molar-refractivity contribution in [2.45, 2.75) is 13.8 Å². The van der Waals surface area contributed by atoms with Gasteiger partial charge in [0.25, 0.3) is 0 Å². The monoisotopic (exact) mass is 393 g/mol. The number of anilines is 2. The molecule has 1 aliphatic heterocycles. The van der Waals surface area contributed by atoms with Crippen LogP contribution in [0.15, 0.2) is 47.8 Å². The van der Waals surface area contributed by atoms with Crippen molar-refractivity contribution in [2.24, 2.45) is 0 Å². The summed E-state index contributed by atoms with van der Waals surface area (Å²) in [4.78, 5) is 17.8. The maximum Gasteiger partial charge on any atom is 0.321 e.